The van der Waals surface area contributed by atoms with E-state index >= 15 is 0 Å². The van der Waals surface area contributed by atoms with E-state index in [1.165, 1.54) is 23.0 Å². The third-order valence-corrected chi connectivity index (χ3v) is 2.96. The largest absolute Gasteiger partial charge is 0.458 e. The van der Waals surface area contributed by atoms with E-state index in [1.807, 2.05) is 0 Å². The molecule has 3 aromatic rings. The Hall–Kier alpha value is -3.17. The Morgan fingerprint density at radius 1 is 1.20 bits per heavy atom. The summed E-state index contributed by atoms with van der Waals surface area (Å²) in [7, 11) is 0. The van der Waals surface area contributed by atoms with Crippen molar-refractivity contribution >= 4 is 0 Å². The molecule has 0 aliphatic heterocycles. The molecular formula is C15H12F3N5O2. The number of rotatable bonds is 6. The summed E-state index contributed by atoms with van der Waals surface area (Å²) in [5, 5.41) is 7.76. The Bertz CT molecular complexity index is 855. The number of benzene rings is 1. The molecule has 0 N–H and O–H groups in total. The van der Waals surface area contributed by atoms with Crippen molar-refractivity contribution in [2.45, 2.75) is 19.9 Å². The maximum atomic E-state index is 13.6. The van der Waals surface area contributed by atoms with Gasteiger partial charge in [-0.25, -0.2) is 27.8 Å². The van der Waals surface area contributed by atoms with E-state index in [0.29, 0.717) is 11.4 Å². The monoisotopic (exact) mass is 351 g/mol. The topological polar surface area (TPSA) is 75.0 Å². The van der Waals surface area contributed by atoms with Crippen molar-refractivity contribution in [3.05, 3.63) is 54.1 Å². The number of ether oxygens (including phenoxy) is 2. The van der Waals surface area contributed by atoms with E-state index < -0.39 is 18.0 Å². The third kappa shape index (κ3) is 4.22. The van der Waals surface area contributed by atoms with Crippen LogP contribution in [0.5, 0.6) is 11.8 Å². The highest BCUT2D eigenvalue weighted by atomic mass is 19.1. The minimum absolute atomic E-state index is 0.00228. The van der Waals surface area contributed by atoms with Crippen LogP contribution in [0, 0.1) is 11.6 Å². The highest BCUT2D eigenvalue weighted by Crippen LogP contribution is 2.22. The van der Waals surface area contributed by atoms with Crippen LogP contribution in [0.1, 0.15) is 12.6 Å². The lowest BCUT2D eigenvalue weighted by Gasteiger charge is -2.09. The molecule has 0 fully saturated rings. The van der Waals surface area contributed by atoms with Crippen molar-refractivity contribution < 1.29 is 22.6 Å². The molecule has 1 unspecified atom stereocenters. The Kier molecular flexibility index (Phi) is 4.78. The molecule has 0 amide bonds. The summed E-state index contributed by atoms with van der Waals surface area (Å²) in [6.45, 7) is 1.15. The number of hydrogen-bond acceptors (Lipinski definition) is 6. The van der Waals surface area contributed by atoms with Crippen molar-refractivity contribution in [1.29, 1.82) is 0 Å². The number of nitrogens with zero attached hydrogens (tertiary/aromatic N) is 5. The normalized spacial score (nSPS) is 12.0. The molecule has 1 atom stereocenters. The second kappa shape index (κ2) is 7.16. The van der Waals surface area contributed by atoms with Gasteiger partial charge in [0.2, 0.25) is 6.36 Å². The van der Waals surface area contributed by atoms with Gasteiger partial charge in [0.1, 0.15) is 12.3 Å². The van der Waals surface area contributed by atoms with Gasteiger partial charge in [-0.15, -0.1) is 5.10 Å². The van der Waals surface area contributed by atoms with Gasteiger partial charge in [-0.2, -0.15) is 0 Å². The third-order valence-electron chi connectivity index (χ3n) is 2.96. The van der Waals surface area contributed by atoms with Gasteiger partial charge in [-0.1, -0.05) is 5.21 Å². The average molecular weight is 351 g/mol. The first-order valence-corrected chi connectivity index (χ1v) is 7.13. The number of aromatic nitrogens is 5. The fourth-order valence-electron chi connectivity index (χ4n) is 1.90. The lowest BCUT2D eigenvalue weighted by Crippen LogP contribution is -2.06. The van der Waals surface area contributed by atoms with Crippen molar-refractivity contribution in [1.82, 2.24) is 25.0 Å². The molecule has 2 heterocycles. The van der Waals surface area contributed by atoms with Crippen LogP contribution >= 0.6 is 0 Å². The summed E-state index contributed by atoms with van der Waals surface area (Å²) in [5.41, 5.74) is 0.854. The first kappa shape index (κ1) is 16.7. The Morgan fingerprint density at radius 2 is 1.96 bits per heavy atom. The molecule has 0 bridgehead atoms. The fraction of sp³-hybridized carbons (Fsp3) is 0.200. The molecule has 130 valence electrons. The van der Waals surface area contributed by atoms with E-state index in [0.717, 1.165) is 25.4 Å². The predicted molar refractivity (Wildman–Crippen MR) is 78.8 cm³/mol. The number of hydrogen-bond donors (Lipinski definition) is 0. The van der Waals surface area contributed by atoms with Gasteiger partial charge in [-0.3, -0.25) is 0 Å². The van der Waals surface area contributed by atoms with Crippen molar-refractivity contribution in [2.75, 3.05) is 0 Å². The zero-order valence-corrected chi connectivity index (χ0v) is 12.9. The molecule has 0 aliphatic carbocycles. The smallest absolute Gasteiger partial charge is 0.316 e. The first-order chi connectivity index (χ1) is 12.0. The van der Waals surface area contributed by atoms with E-state index in [9.17, 15) is 13.2 Å². The fourth-order valence-corrected chi connectivity index (χ4v) is 1.90. The van der Waals surface area contributed by atoms with E-state index in [1.54, 1.807) is 0 Å². The maximum Gasteiger partial charge on any atom is 0.316 e. The molecule has 0 saturated heterocycles. The number of alkyl halides is 1. The molecule has 7 nitrogen and oxygen atoms in total. The molecule has 1 aromatic carbocycles. The van der Waals surface area contributed by atoms with Crippen LogP contribution in [-0.4, -0.2) is 31.3 Å². The van der Waals surface area contributed by atoms with Crippen LogP contribution in [0.25, 0.3) is 5.69 Å². The van der Waals surface area contributed by atoms with Crippen molar-refractivity contribution in [2.24, 2.45) is 0 Å². The molecule has 0 saturated carbocycles. The Balaban J connectivity index is 1.71. The average Bonchev–Trinajstić information content (AvgIpc) is 3.05. The highest BCUT2D eigenvalue weighted by Gasteiger charge is 2.11. The lowest BCUT2D eigenvalue weighted by molar-refractivity contribution is 0.0814. The molecule has 25 heavy (non-hydrogen) atoms. The second-order valence-corrected chi connectivity index (χ2v) is 4.90. The molecule has 0 spiro atoms. The molecule has 10 heteroatoms. The molecular weight excluding hydrogens is 339 g/mol. The zero-order valence-electron chi connectivity index (χ0n) is 12.9. The van der Waals surface area contributed by atoms with Gasteiger partial charge >= 0.3 is 6.01 Å². The van der Waals surface area contributed by atoms with Gasteiger partial charge in [-0.05, 0) is 12.1 Å². The van der Waals surface area contributed by atoms with Gasteiger partial charge < -0.3 is 9.47 Å². The molecule has 0 aliphatic rings. The molecule has 2 aromatic heterocycles. The number of halogens is 3. The van der Waals surface area contributed by atoms with Crippen LogP contribution in [-0.2, 0) is 6.61 Å². The SMILES string of the molecule is CC(F)Oc1cc(-n2cc(COc3ncc(F)cn3)nn2)ccc1F. The summed E-state index contributed by atoms with van der Waals surface area (Å²) in [6.07, 6.45) is 1.83. The Labute approximate surface area is 140 Å². The highest BCUT2D eigenvalue weighted by molar-refractivity contribution is 5.39. The lowest BCUT2D eigenvalue weighted by atomic mass is 10.3. The summed E-state index contributed by atoms with van der Waals surface area (Å²) in [6, 6.07) is 3.86. The van der Waals surface area contributed by atoms with E-state index in [4.69, 9.17) is 9.47 Å². The Morgan fingerprint density at radius 3 is 2.68 bits per heavy atom. The first-order valence-electron chi connectivity index (χ1n) is 7.13. The summed E-state index contributed by atoms with van der Waals surface area (Å²) in [4.78, 5) is 7.30. The molecule has 0 radical (unpaired) electrons. The second-order valence-electron chi connectivity index (χ2n) is 4.90. The van der Waals surface area contributed by atoms with E-state index in [2.05, 4.69) is 20.3 Å². The van der Waals surface area contributed by atoms with Crippen LogP contribution in [0.3, 0.4) is 0 Å². The summed E-state index contributed by atoms with van der Waals surface area (Å²) >= 11 is 0. The van der Waals surface area contributed by atoms with Crippen LogP contribution in [0.15, 0.2) is 36.8 Å². The van der Waals surface area contributed by atoms with Crippen LogP contribution in [0.2, 0.25) is 0 Å². The summed E-state index contributed by atoms with van der Waals surface area (Å²) in [5.74, 6) is -1.50. The maximum absolute atomic E-state index is 13.6. The minimum Gasteiger partial charge on any atom is -0.458 e. The van der Waals surface area contributed by atoms with Gasteiger partial charge in [0.15, 0.2) is 17.4 Å². The van der Waals surface area contributed by atoms with Gasteiger partial charge in [0, 0.05) is 13.0 Å². The molecule has 3 rings (SSSR count). The van der Waals surface area contributed by atoms with Crippen molar-refractivity contribution in [3.8, 4) is 17.4 Å². The van der Waals surface area contributed by atoms with Crippen LogP contribution < -0.4 is 9.47 Å². The van der Waals surface area contributed by atoms with Gasteiger partial charge in [0.25, 0.3) is 0 Å². The standard InChI is InChI=1S/C15H12F3N5O2/c1-9(16)25-14-4-12(2-3-13(14)18)23-7-11(21-22-23)8-24-15-19-5-10(17)6-20-15/h2-7,9H,8H2,1H3. The summed E-state index contributed by atoms with van der Waals surface area (Å²) < 4.78 is 50.6. The van der Waals surface area contributed by atoms with Crippen molar-refractivity contribution in [3.63, 3.8) is 0 Å². The van der Waals surface area contributed by atoms with Crippen LogP contribution in [0.4, 0.5) is 13.2 Å². The quantitative estimate of drug-likeness (QED) is 0.680. The van der Waals surface area contributed by atoms with E-state index in [-0.39, 0.29) is 18.4 Å². The zero-order chi connectivity index (χ0) is 17.8. The minimum atomic E-state index is -1.65. The predicted octanol–water partition coefficient (Wildman–Crippen LogP) is 2.61. The van der Waals surface area contributed by atoms with Gasteiger partial charge in [0.05, 0.1) is 24.3 Å².